The second-order valence-electron chi connectivity index (χ2n) is 2.47. The summed E-state index contributed by atoms with van der Waals surface area (Å²) in [7, 11) is 0. The van der Waals surface area contributed by atoms with Gasteiger partial charge >= 0.3 is 0 Å². The van der Waals surface area contributed by atoms with Gasteiger partial charge in [0.05, 0.1) is 6.61 Å². The Morgan fingerprint density at radius 3 is 3.08 bits per heavy atom. The molecule has 0 radical (unpaired) electrons. The Balaban J connectivity index is 2.67. The minimum atomic E-state index is 0.652. The van der Waals surface area contributed by atoms with Gasteiger partial charge in [-0.25, -0.2) is 4.98 Å². The fourth-order valence-corrected chi connectivity index (χ4v) is 0.999. The van der Waals surface area contributed by atoms with E-state index < -0.39 is 0 Å². The zero-order valence-electron chi connectivity index (χ0n) is 7.29. The summed E-state index contributed by atoms with van der Waals surface area (Å²) >= 11 is 0. The number of aromatic nitrogens is 1. The zero-order chi connectivity index (χ0) is 8.81. The molecule has 0 aliphatic rings. The van der Waals surface area contributed by atoms with Gasteiger partial charge in [-0.05, 0) is 31.5 Å². The molecular formula is C9H14N2O. The average molecular weight is 166 g/mol. The van der Waals surface area contributed by atoms with Gasteiger partial charge in [0.2, 0.25) is 5.88 Å². The molecule has 0 atom stereocenters. The van der Waals surface area contributed by atoms with Crippen LogP contribution in [0.4, 0.5) is 0 Å². The van der Waals surface area contributed by atoms with Crippen LogP contribution in [0.15, 0.2) is 18.3 Å². The standard InChI is InChI=1S/C9H14N2O/c1-2-12-9-7-8(3-5-10)4-6-11-9/h4,6-7H,2-3,5,10H2,1H3. The van der Waals surface area contributed by atoms with Crippen molar-refractivity contribution in [2.45, 2.75) is 13.3 Å². The molecule has 12 heavy (non-hydrogen) atoms. The molecule has 0 saturated heterocycles. The SMILES string of the molecule is CCOc1cc(CCN)ccn1. The zero-order valence-corrected chi connectivity index (χ0v) is 7.29. The van der Waals surface area contributed by atoms with Crippen molar-refractivity contribution in [1.82, 2.24) is 4.98 Å². The second kappa shape index (κ2) is 4.72. The van der Waals surface area contributed by atoms with E-state index in [2.05, 4.69) is 4.98 Å². The first-order chi connectivity index (χ1) is 5.86. The Labute approximate surface area is 72.6 Å². The lowest BCUT2D eigenvalue weighted by Gasteiger charge is -2.03. The van der Waals surface area contributed by atoms with Crippen LogP contribution in [0.3, 0.4) is 0 Å². The van der Waals surface area contributed by atoms with Crippen molar-refractivity contribution in [3.05, 3.63) is 23.9 Å². The summed E-state index contributed by atoms with van der Waals surface area (Å²) in [6.45, 7) is 3.26. The van der Waals surface area contributed by atoms with Crippen LogP contribution in [0.2, 0.25) is 0 Å². The lowest BCUT2D eigenvalue weighted by molar-refractivity contribution is 0.326. The minimum absolute atomic E-state index is 0.652. The second-order valence-corrected chi connectivity index (χ2v) is 2.47. The maximum atomic E-state index is 5.42. The molecule has 0 aliphatic heterocycles. The highest BCUT2D eigenvalue weighted by atomic mass is 16.5. The van der Waals surface area contributed by atoms with E-state index in [0.717, 1.165) is 6.42 Å². The van der Waals surface area contributed by atoms with Crippen molar-refractivity contribution in [3.8, 4) is 5.88 Å². The summed E-state index contributed by atoms with van der Waals surface area (Å²) in [5.74, 6) is 0.684. The lowest BCUT2D eigenvalue weighted by atomic mass is 10.2. The van der Waals surface area contributed by atoms with Crippen LogP contribution in [0, 0.1) is 0 Å². The minimum Gasteiger partial charge on any atom is -0.478 e. The number of ether oxygens (including phenoxy) is 1. The fraction of sp³-hybridized carbons (Fsp3) is 0.444. The van der Waals surface area contributed by atoms with E-state index in [0.29, 0.717) is 19.0 Å². The molecule has 0 unspecified atom stereocenters. The van der Waals surface area contributed by atoms with E-state index in [1.807, 2.05) is 19.1 Å². The normalized spacial score (nSPS) is 9.83. The van der Waals surface area contributed by atoms with Crippen LogP contribution in [0.25, 0.3) is 0 Å². The molecule has 1 aromatic rings. The largest absolute Gasteiger partial charge is 0.478 e. The average Bonchev–Trinajstić information content (AvgIpc) is 2.06. The van der Waals surface area contributed by atoms with Crippen LogP contribution in [-0.4, -0.2) is 18.1 Å². The number of pyridine rings is 1. The smallest absolute Gasteiger partial charge is 0.213 e. The number of nitrogens with zero attached hydrogens (tertiary/aromatic N) is 1. The quantitative estimate of drug-likeness (QED) is 0.725. The molecule has 0 saturated carbocycles. The first kappa shape index (κ1) is 9.00. The molecule has 1 heterocycles. The Kier molecular flexibility index (Phi) is 3.54. The van der Waals surface area contributed by atoms with E-state index in [1.54, 1.807) is 6.20 Å². The first-order valence-electron chi connectivity index (χ1n) is 4.14. The fourth-order valence-electron chi connectivity index (χ4n) is 0.999. The van der Waals surface area contributed by atoms with Gasteiger partial charge in [-0.2, -0.15) is 0 Å². The van der Waals surface area contributed by atoms with E-state index in [-0.39, 0.29) is 0 Å². The topological polar surface area (TPSA) is 48.1 Å². The summed E-state index contributed by atoms with van der Waals surface area (Å²) in [6, 6.07) is 3.88. The molecule has 0 amide bonds. The molecular weight excluding hydrogens is 152 g/mol. The predicted octanol–water partition coefficient (Wildman–Crippen LogP) is 0.982. The van der Waals surface area contributed by atoms with E-state index >= 15 is 0 Å². The van der Waals surface area contributed by atoms with Gasteiger partial charge in [-0.3, -0.25) is 0 Å². The van der Waals surface area contributed by atoms with Crippen molar-refractivity contribution >= 4 is 0 Å². The molecule has 0 fully saturated rings. The molecule has 1 aromatic heterocycles. The first-order valence-corrected chi connectivity index (χ1v) is 4.14. The third-order valence-electron chi connectivity index (χ3n) is 1.52. The Morgan fingerprint density at radius 1 is 1.58 bits per heavy atom. The third kappa shape index (κ3) is 2.51. The van der Waals surface area contributed by atoms with Crippen molar-refractivity contribution in [1.29, 1.82) is 0 Å². The highest BCUT2D eigenvalue weighted by Crippen LogP contribution is 2.08. The summed E-state index contributed by atoms with van der Waals surface area (Å²) in [5.41, 5.74) is 6.60. The van der Waals surface area contributed by atoms with E-state index in [9.17, 15) is 0 Å². The van der Waals surface area contributed by atoms with Crippen molar-refractivity contribution in [3.63, 3.8) is 0 Å². The predicted molar refractivity (Wildman–Crippen MR) is 48.2 cm³/mol. The van der Waals surface area contributed by atoms with Crippen LogP contribution in [0.5, 0.6) is 5.88 Å². The molecule has 0 spiro atoms. The van der Waals surface area contributed by atoms with Crippen LogP contribution in [-0.2, 0) is 6.42 Å². The van der Waals surface area contributed by atoms with Crippen molar-refractivity contribution in [2.24, 2.45) is 5.73 Å². The van der Waals surface area contributed by atoms with Crippen molar-refractivity contribution < 1.29 is 4.74 Å². The molecule has 2 N–H and O–H groups in total. The highest BCUT2D eigenvalue weighted by molar-refractivity contribution is 5.20. The summed E-state index contributed by atoms with van der Waals surface area (Å²) < 4.78 is 5.24. The van der Waals surface area contributed by atoms with E-state index in [4.69, 9.17) is 10.5 Å². The third-order valence-corrected chi connectivity index (χ3v) is 1.52. The summed E-state index contributed by atoms with van der Waals surface area (Å²) in [5, 5.41) is 0. The van der Waals surface area contributed by atoms with Crippen molar-refractivity contribution in [2.75, 3.05) is 13.2 Å². The number of rotatable bonds is 4. The molecule has 66 valence electrons. The van der Waals surface area contributed by atoms with Gasteiger partial charge < -0.3 is 10.5 Å². The van der Waals surface area contributed by atoms with Gasteiger partial charge in [0, 0.05) is 12.3 Å². The number of hydrogen-bond acceptors (Lipinski definition) is 3. The Hall–Kier alpha value is -1.09. The van der Waals surface area contributed by atoms with Gasteiger partial charge in [0.15, 0.2) is 0 Å². The number of hydrogen-bond donors (Lipinski definition) is 1. The van der Waals surface area contributed by atoms with Crippen LogP contribution < -0.4 is 10.5 Å². The highest BCUT2D eigenvalue weighted by Gasteiger charge is 1.95. The van der Waals surface area contributed by atoms with Gasteiger partial charge in [-0.15, -0.1) is 0 Å². The molecule has 0 aliphatic carbocycles. The molecule has 3 nitrogen and oxygen atoms in total. The molecule has 1 rings (SSSR count). The maximum Gasteiger partial charge on any atom is 0.213 e. The Bertz CT molecular complexity index is 216. The van der Waals surface area contributed by atoms with Gasteiger partial charge in [0.1, 0.15) is 0 Å². The maximum absolute atomic E-state index is 5.42. The van der Waals surface area contributed by atoms with Gasteiger partial charge in [0.25, 0.3) is 0 Å². The number of nitrogens with two attached hydrogens (primary N) is 1. The summed E-state index contributed by atoms with van der Waals surface area (Å²) in [4.78, 5) is 4.05. The van der Waals surface area contributed by atoms with Crippen LogP contribution >= 0.6 is 0 Å². The summed E-state index contributed by atoms with van der Waals surface area (Å²) in [6.07, 6.45) is 2.62. The van der Waals surface area contributed by atoms with Crippen LogP contribution in [0.1, 0.15) is 12.5 Å². The molecule has 0 aromatic carbocycles. The molecule has 0 bridgehead atoms. The van der Waals surface area contributed by atoms with E-state index in [1.165, 1.54) is 5.56 Å². The Morgan fingerprint density at radius 2 is 2.42 bits per heavy atom. The van der Waals surface area contributed by atoms with Gasteiger partial charge in [-0.1, -0.05) is 0 Å². The molecule has 3 heteroatoms. The lowest BCUT2D eigenvalue weighted by Crippen LogP contribution is -2.03. The monoisotopic (exact) mass is 166 g/mol.